The highest BCUT2D eigenvalue weighted by Crippen LogP contribution is 2.28. The summed E-state index contributed by atoms with van der Waals surface area (Å²) in [6, 6.07) is 3.60. The summed E-state index contributed by atoms with van der Waals surface area (Å²) in [4.78, 5) is 30.3. The third-order valence-electron chi connectivity index (χ3n) is 3.18. The van der Waals surface area contributed by atoms with Crippen molar-refractivity contribution in [1.29, 1.82) is 0 Å². The minimum atomic E-state index is -0.272. The number of aryl methyl sites for hydroxylation is 1. The average Bonchev–Trinajstić information content (AvgIpc) is 3.15. The molecule has 0 radical (unpaired) electrons. The van der Waals surface area contributed by atoms with E-state index in [1.54, 1.807) is 24.3 Å². The van der Waals surface area contributed by atoms with Crippen LogP contribution in [0.5, 0.6) is 0 Å². The van der Waals surface area contributed by atoms with Gasteiger partial charge < -0.3 is 14.1 Å². The second-order valence-electron chi connectivity index (χ2n) is 4.81. The van der Waals surface area contributed by atoms with Gasteiger partial charge in [0.15, 0.2) is 10.8 Å². The molecule has 0 aliphatic rings. The summed E-state index contributed by atoms with van der Waals surface area (Å²) in [5, 5.41) is 0.689. The van der Waals surface area contributed by atoms with E-state index in [1.807, 2.05) is 13.0 Å². The van der Waals surface area contributed by atoms with Crippen LogP contribution in [0.3, 0.4) is 0 Å². The van der Waals surface area contributed by atoms with Gasteiger partial charge in [0.25, 0.3) is 5.91 Å². The van der Waals surface area contributed by atoms with Crippen LogP contribution in [0.15, 0.2) is 22.8 Å². The van der Waals surface area contributed by atoms with Gasteiger partial charge in [-0.2, -0.15) is 0 Å². The minimum absolute atomic E-state index is 0.156. The molecule has 2 heterocycles. The average molecular weight is 322 g/mol. The van der Waals surface area contributed by atoms with Crippen molar-refractivity contribution in [2.45, 2.75) is 19.8 Å². The fourth-order valence-corrected chi connectivity index (χ4v) is 2.82. The van der Waals surface area contributed by atoms with E-state index in [2.05, 4.69) is 9.72 Å². The van der Waals surface area contributed by atoms with Crippen molar-refractivity contribution in [3.8, 4) is 10.8 Å². The van der Waals surface area contributed by atoms with Crippen molar-refractivity contribution in [3.63, 3.8) is 0 Å². The maximum absolute atomic E-state index is 12.4. The molecule has 6 nitrogen and oxygen atoms in total. The lowest BCUT2D eigenvalue weighted by molar-refractivity contribution is -0.140. The van der Waals surface area contributed by atoms with Crippen LogP contribution < -0.4 is 0 Å². The Morgan fingerprint density at radius 1 is 1.45 bits per heavy atom. The summed E-state index contributed by atoms with van der Waals surface area (Å²) in [5.74, 6) is 0.225. The first-order chi connectivity index (χ1) is 10.5. The van der Waals surface area contributed by atoms with Gasteiger partial charge in [-0.05, 0) is 25.5 Å². The molecule has 7 heteroatoms. The van der Waals surface area contributed by atoms with Gasteiger partial charge in [0, 0.05) is 24.9 Å². The van der Waals surface area contributed by atoms with E-state index >= 15 is 0 Å². The molecule has 0 saturated carbocycles. The minimum Gasteiger partial charge on any atom is -0.469 e. The Labute approximate surface area is 132 Å². The number of rotatable bonds is 6. The lowest BCUT2D eigenvalue weighted by Crippen LogP contribution is -2.29. The fraction of sp³-hybridized carbons (Fsp3) is 0.400. The molecule has 0 fully saturated rings. The molecule has 0 aromatic carbocycles. The molecule has 2 aromatic heterocycles. The standard InChI is InChI=1S/C15H18N2O4S/c1-10-13(16-14(22-10)11-6-5-9-21-11)15(19)17(2)8-4-7-12(18)20-3/h5-6,9H,4,7-8H2,1-3H3. The number of ether oxygens (including phenoxy) is 1. The topological polar surface area (TPSA) is 72.6 Å². The van der Waals surface area contributed by atoms with Crippen molar-refractivity contribution in [3.05, 3.63) is 29.0 Å². The molecule has 22 heavy (non-hydrogen) atoms. The molecule has 0 bridgehead atoms. The van der Waals surface area contributed by atoms with Crippen molar-refractivity contribution in [2.24, 2.45) is 0 Å². The predicted octanol–water partition coefficient (Wildman–Crippen LogP) is 2.74. The first-order valence-corrected chi connectivity index (χ1v) is 7.68. The first-order valence-electron chi connectivity index (χ1n) is 6.86. The third-order valence-corrected chi connectivity index (χ3v) is 4.17. The van der Waals surface area contributed by atoms with E-state index in [0.717, 1.165) is 4.88 Å². The quantitative estimate of drug-likeness (QED) is 0.765. The summed E-state index contributed by atoms with van der Waals surface area (Å²) in [7, 11) is 3.05. The van der Waals surface area contributed by atoms with Gasteiger partial charge >= 0.3 is 5.97 Å². The summed E-state index contributed by atoms with van der Waals surface area (Å²) >= 11 is 1.42. The Hall–Kier alpha value is -2.15. The maximum Gasteiger partial charge on any atom is 0.305 e. The van der Waals surface area contributed by atoms with Crippen LogP contribution in [0.4, 0.5) is 0 Å². The van der Waals surface area contributed by atoms with E-state index in [1.165, 1.54) is 18.4 Å². The lowest BCUT2D eigenvalue weighted by Gasteiger charge is -2.15. The van der Waals surface area contributed by atoms with E-state index < -0.39 is 0 Å². The number of thiazole rings is 1. The zero-order chi connectivity index (χ0) is 16.1. The molecular weight excluding hydrogens is 304 g/mol. The molecule has 0 aliphatic heterocycles. The van der Waals surface area contributed by atoms with Gasteiger partial charge in [0.2, 0.25) is 0 Å². The molecule has 2 rings (SSSR count). The van der Waals surface area contributed by atoms with E-state index in [4.69, 9.17) is 4.42 Å². The van der Waals surface area contributed by atoms with Crippen LogP contribution in [0.2, 0.25) is 0 Å². The van der Waals surface area contributed by atoms with Gasteiger partial charge in [0.1, 0.15) is 5.69 Å². The molecule has 1 amide bonds. The van der Waals surface area contributed by atoms with E-state index in [9.17, 15) is 9.59 Å². The number of amides is 1. The lowest BCUT2D eigenvalue weighted by atomic mass is 10.2. The number of hydrogen-bond donors (Lipinski definition) is 0. The molecule has 0 N–H and O–H groups in total. The second-order valence-corrected chi connectivity index (χ2v) is 6.01. The predicted molar refractivity (Wildman–Crippen MR) is 82.8 cm³/mol. The van der Waals surface area contributed by atoms with E-state index in [-0.39, 0.29) is 11.9 Å². The van der Waals surface area contributed by atoms with Crippen LogP contribution in [0.1, 0.15) is 28.2 Å². The fourth-order valence-electron chi connectivity index (χ4n) is 1.95. The third kappa shape index (κ3) is 3.73. The highest BCUT2D eigenvalue weighted by Gasteiger charge is 2.20. The largest absolute Gasteiger partial charge is 0.469 e. The van der Waals surface area contributed by atoms with Crippen LogP contribution in [-0.4, -0.2) is 42.5 Å². The summed E-state index contributed by atoms with van der Waals surface area (Å²) < 4.78 is 9.88. The summed E-state index contributed by atoms with van der Waals surface area (Å²) in [5.41, 5.74) is 0.428. The summed E-state index contributed by atoms with van der Waals surface area (Å²) in [6.07, 6.45) is 2.43. The maximum atomic E-state index is 12.4. The molecule has 0 saturated heterocycles. The smallest absolute Gasteiger partial charge is 0.305 e. The zero-order valence-electron chi connectivity index (χ0n) is 12.8. The molecule has 0 aliphatic carbocycles. The van der Waals surface area contributed by atoms with Crippen molar-refractivity contribution in [1.82, 2.24) is 9.88 Å². The molecule has 0 spiro atoms. The number of carbonyl (C=O) groups is 2. The Bertz CT molecular complexity index is 649. The van der Waals surface area contributed by atoms with Gasteiger partial charge in [-0.15, -0.1) is 11.3 Å². The number of carbonyl (C=O) groups excluding carboxylic acids is 2. The number of aromatic nitrogens is 1. The van der Waals surface area contributed by atoms with Gasteiger partial charge in [-0.25, -0.2) is 4.98 Å². The van der Waals surface area contributed by atoms with Gasteiger partial charge in [0.05, 0.1) is 13.4 Å². The molecule has 0 unspecified atom stereocenters. The van der Waals surface area contributed by atoms with Crippen LogP contribution >= 0.6 is 11.3 Å². The normalized spacial score (nSPS) is 10.5. The van der Waals surface area contributed by atoms with E-state index in [0.29, 0.717) is 35.8 Å². The number of furan rings is 1. The molecule has 118 valence electrons. The van der Waals surface area contributed by atoms with Crippen molar-refractivity contribution in [2.75, 3.05) is 20.7 Å². The number of hydrogen-bond acceptors (Lipinski definition) is 6. The zero-order valence-corrected chi connectivity index (χ0v) is 13.6. The number of nitrogens with zero attached hydrogens (tertiary/aromatic N) is 2. The molecule has 0 atom stereocenters. The number of methoxy groups -OCH3 is 1. The SMILES string of the molecule is COC(=O)CCCN(C)C(=O)c1nc(-c2ccco2)sc1C. The number of esters is 1. The highest BCUT2D eigenvalue weighted by molar-refractivity contribution is 7.15. The Morgan fingerprint density at radius 3 is 2.86 bits per heavy atom. The summed E-state index contributed by atoms with van der Waals surface area (Å²) in [6.45, 7) is 2.33. The van der Waals surface area contributed by atoms with Crippen molar-refractivity contribution >= 4 is 23.2 Å². The monoisotopic (exact) mass is 322 g/mol. The van der Waals surface area contributed by atoms with Crippen LogP contribution in [0.25, 0.3) is 10.8 Å². The Kier molecular flexibility index (Phi) is 5.32. The molecule has 2 aromatic rings. The second kappa shape index (κ2) is 7.22. The highest BCUT2D eigenvalue weighted by atomic mass is 32.1. The van der Waals surface area contributed by atoms with Gasteiger partial charge in [-0.3, -0.25) is 9.59 Å². The van der Waals surface area contributed by atoms with Crippen LogP contribution in [0, 0.1) is 6.92 Å². The molecular formula is C15H18N2O4S. The van der Waals surface area contributed by atoms with Crippen molar-refractivity contribution < 1.29 is 18.7 Å². The van der Waals surface area contributed by atoms with Gasteiger partial charge in [-0.1, -0.05) is 0 Å². The Morgan fingerprint density at radius 2 is 2.23 bits per heavy atom. The van der Waals surface area contributed by atoms with Crippen LogP contribution in [-0.2, 0) is 9.53 Å². The first kappa shape index (κ1) is 16.2. The Balaban J connectivity index is 2.01.